The Bertz CT molecular complexity index is 581. The van der Waals surface area contributed by atoms with Gasteiger partial charge in [0.15, 0.2) is 5.92 Å². The van der Waals surface area contributed by atoms with Crippen LogP contribution in [0.5, 0.6) is 0 Å². The Kier molecular flexibility index (Phi) is 7.43. The second-order valence-electron chi connectivity index (χ2n) is 3.97. The maximum atomic E-state index is 11.6. The van der Waals surface area contributed by atoms with Crippen molar-refractivity contribution >= 4 is 29.8 Å². The van der Waals surface area contributed by atoms with Crippen LogP contribution in [0.15, 0.2) is 29.4 Å². The molecule has 0 saturated heterocycles. The summed E-state index contributed by atoms with van der Waals surface area (Å²) in [4.78, 5) is 27.6. The fraction of sp³-hybridized carbons (Fsp3) is 0.286. The van der Waals surface area contributed by atoms with Gasteiger partial charge in [0.1, 0.15) is 6.61 Å². The number of halogens is 1. The van der Waals surface area contributed by atoms with Crippen molar-refractivity contribution in [3.8, 4) is 6.07 Å². The van der Waals surface area contributed by atoms with Gasteiger partial charge in [-0.05, 0) is 24.6 Å². The minimum absolute atomic E-state index is 0.120. The highest BCUT2D eigenvalue weighted by atomic mass is 35.5. The summed E-state index contributed by atoms with van der Waals surface area (Å²) in [6.45, 7) is 1.87. The third kappa shape index (κ3) is 6.24. The molecule has 22 heavy (non-hydrogen) atoms. The smallest absolute Gasteiger partial charge is 0.413 e. The van der Waals surface area contributed by atoms with Gasteiger partial charge in [-0.15, -0.1) is 0 Å². The summed E-state index contributed by atoms with van der Waals surface area (Å²) in [5.41, 5.74) is 0.825. The van der Waals surface area contributed by atoms with Crippen molar-refractivity contribution < 1.29 is 19.2 Å². The minimum Gasteiger partial charge on any atom is -0.450 e. The molecule has 0 aromatic heterocycles. The average molecular weight is 324 g/mol. The SMILES string of the molecule is CCOC(=O)NC(=O)[C@H](C#N)/C=N\OCc1ccc(Cl)cc1. The average Bonchev–Trinajstić information content (AvgIpc) is 2.49. The normalized spacial score (nSPS) is 11.5. The Balaban J connectivity index is 2.45. The number of benzene rings is 1. The highest BCUT2D eigenvalue weighted by Crippen LogP contribution is 2.10. The van der Waals surface area contributed by atoms with Crippen molar-refractivity contribution in [1.82, 2.24) is 5.32 Å². The number of carbonyl (C=O) groups is 2. The molecule has 1 aromatic rings. The monoisotopic (exact) mass is 323 g/mol. The van der Waals surface area contributed by atoms with Gasteiger partial charge in [0.2, 0.25) is 0 Å². The summed E-state index contributed by atoms with van der Waals surface area (Å²) in [6.07, 6.45) is 0.0908. The highest BCUT2D eigenvalue weighted by Gasteiger charge is 2.18. The second kappa shape index (κ2) is 9.37. The van der Waals surface area contributed by atoms with E-state index in [1.165, 1.54) is 0 Å². The molecule has 0 bridgehead atoms. The zero-order valence-corrected chi connectivity index (χ0v) is 12.5. The van der Waals surface area contributed by atoms with Gasteiger partial charge in [0.05, 0.1) is 18.9 Å². The van der Waals surface area contributed by atoms with Crippen LogP contribution in [0.1, 0.15) is 12.5 Å². The van der Waals surface area contributed by atoms with E-state index < -0.39 is 17.9 Å². The van der Waals surface area contributed by atoms with Gasteiger partial charge in [-0.1, -0.05) is 28.9 Å². The van der Waals surface area contributed by atoms with Crippen LogP contribution in [0.4, 0.5) is 4.79 Å². The first kappa shape index (κ1) is 17.5. The first-order valence-electron chi connectivity index (χ1n) is 6.34. The minimum atomic E-state index is -1.25. The lowest BCUT2D eigenvalue weighted by molar-refractivity contribution is -0.121. The van der Waals surface area contributed by atoms with Crippen LogP contribution in [0.2, 0.25) is 5.02 Å². The van der Waals surface area contributed by atoms with Crippen molar-refractivity contribution in [3.63, 3.8) is 0 Å². The lowest BCUT2D eigenvalue weighted by Gasteiger charge is -2.05. The molecule has 2 amide bonds. The summed E-state index contributed by atoms with van der Waals surface area (Å²) < 4.78 is 4.53. The molecule has 7 nitrogen and oxygen atoms in total. The number of carbonyl (C=O) groups excluding carboxylic acids is 2. The van der Waals surface area contributed by atoms with Gasteiger partial charge in [-0.25, -0.2) is 4.79 Å². The van der Waals surface area contributed by atoms with Crippen LogP contribution < -0.4 is 5.32 Å². The second-order valence-corrected chi connectivity index (χ2v) is 4.41. The summed E-state index contributed by atoms with van der Waals surface area (Å²) in [5.74, 6) is -2.09. The van der Waals surface area contributed by atoms with E-state index >= 15 is 0 Å². The summed E-state index contributed by atoms with van der Waals surface area (Å²) in [7, 11) is 0. The number of hydrogen-bond acceptors (Lipinski definition) is 6. The molecule has 8 heteroatoms. The number of nitriles is 1. The maximum Gasteiger partial charge on any atom is 0.413 e. The molecular formula is C14H14ClN3O4. The number of nitrogens with zero attached hydrogens (tertiary/aromatic N) is 2. The number of ether oxygens (including phenoxy) is 1. The van der Waals surface area contributed by atoms with Crippen molar-refractivity contribution in [2.45, 2.75) is 13.5 Å². The molecule has 0 aliphatic rings. The van der Waals surface area contributed by atoms with E-state index in [-0.39, 0.29) is 13.2 Å². The quantitative estimate of drug-likeness (QED) is 0.639. The Morgan fingerprint density at radius 1 is 1.45 bits per heavy atom. The zero-order chi connectivity index (χ0) is 16.4. The van der Waals surface area contributed by atoms with Gasteiger partial charge in [-0.3, -0.25) is 10.1 Å². The summed E-state index contributed by atoms with van der Waals surface area (Å²) in [6, 6.07) is 8.61. The largest absolute Gasteiger partial charge is 0.450 e. The standard InChI is InChI=1S/C14H14ClN3O4/c1-2-21-14(20)18-13(19)11(7-16)8-17-22-9-10-3-5-12(15)6-4-10/h3-6,8,11H,2,9H2,1H3,(H,18,19,20)/b17-8-/t11-/m1/s1. The van der Waals surface area contributed by atoms with Gasteiger partial charge in [0.25, 0.3) is 5.91 Å². The lowest BCUT2D eigenvalue weighted by Crippen LogP contribution is -2.36. The molecule has 1 N–H and O–H groups in total. The molecule has 0 unspecified atom stereocenters. The Morgan fingerprint density at radius 3 is 2.73 bits per heavy atom. The van der Waals surface area contributed by atoms with Gasteiger partial charge in [0, 0.05) is 5.02 Å². The number of alkyl carbamates (subject to hydrolysis) is 1. The number of rotatable bonds is 6. The predicted octanol–water partition coefficient (Wildman–Crippen LogP) is 2.25. The maximum absolute atomic E-state index is 11.6. The van der Waals surface area contributed by atoms with Gasteiger partial charge >= 0.3 is 6.09 Å². The molecule has 0 spiro atoms. The van der Waals surface area contributed by atoms with Crippen LogP contribution in [-0.2, 0) is 21.0 Å². The van der Waals surface area contributed by atoms with Crippen LogP contribution in [0.3, 0.4) is 0 Å². The van der Waals surface area contributed by atoms with E-state index in [4.69, 9.17) is 21.7 Å². The van der Waals surface area contributed by atoms with Crippen LogP contribution in [0.25, 0.3) is 0 Å². The molecule has 116 valence electrons. The third-order valence-corrected chi connectivity index (χ3v) is 2.60. The van der Waals surface area contributed by atoms with Crippen LogP contribution in [0, 0.1) is 17.2 Å². The molecule has 0 heterocycles. The molecular weight excluding hydrogens is 310 g/mol. The fourth-order valence-electron chi connectivity index (χ4n) is 1.30. The van der Waals surface area contributed by atoms with Crippen LogP contribution >= 0.6 is 11.6 Å². The lowest BCUT2D eigenvalue weighted by atomic mass is 10.2. The molecule has 0 fully saturated rings. The zero-order valence-electron chi connectivity index (χ0n) is 11.8. The third-order valence-electron chi connectivity index (χ3n) is 2.35. The van der Waals surface area contributed by atoms with Gasteiger partial charge < -0.3 is 9.57 Å². The number of hydrogen-bond donors (Lipinski definition) is 1. The first-order valence-corrected chi connectivity index (χ1v) is 6.71. The molecule has 1 atom stereocenters. The van der Waals surface area contributed by atoms with E-state index in [9.17, 15) is 9.59 Å². The van der Waals surface area contributed by atoms with Crippen molar-refractivity contribution in [1.29, 1.82) is 5.26 Å². The fourth-order valence-corrected chi connectivity index (χ4v) is 1.43. The van der Waals surface area contributed by atoms with Crippen molar-refractivity contribution in [2.75, 3.05) is 6.61 Å². The van der Waals surface area contributed by atoms with E-state index in [1.54, 1.807) is 37.3 Å². The van der Waals surface area contributed by atoms with Crippen molar-refractivity contribution in [2.24, 2.45) is 11.1 Å². The highest BCUT2D eigenvalue weighted by molar-refractivity contribution is 6.30. The Labute approximate surface area is 132 Å². The van der Waals surface area contributed by atoms with Crippen molar-refractivity contribution in [3.05, 3.63) is 34.9 Å². The summed E-state index contributed by atoms with van der Waals surface area (Å²) >= 11 is 5.74. The molecule has 1 aromatic carbocycles. The Hall–Kier alpha value is -2.59. The molecule has 0 saturated carbocycles. The topological polar surface area (TPSA) is 101 Å². The number of oxime groups is 1. The Morgan fingerprint density at radius 2 is 2.14 bits per heavy atom. The van der Waals surface area contributed by atoms with E-state index in [0.717, 1.165) is 11.8 Å². The number of nitrogens with one attached hydrogen (secondary N) is 1. The summed E-state index contributed by atoms with van der Waals surface area (Å²) in [5, 5.41) is 14.9. The number of imide groups is 1. The molecule has 1 rings (SSSR count). The molecule has 0 aliphatic heterocycles. The first-order chi connectivity index (χ1) is 10.6. The van der Waals surface area contributed by atoms with E-state index in [1.807, 2.05) is 5.32 Å². The predicted molar refractivity (Wildman–Crippen MR) is 79.0 cm³/mol. The van der Waals surface area contributed by atoms with Gasteiger partial charge in [-0.2, -0.15) is 5.26 Å². The number of amides is 2. The molecule has 0 radical (unpaired) electrons. The molecule has 0 aliphatic carbocycles. The van der Waals surface area contributed by atoms with Crippen LogP contribution in [-0.4, -0.2) is 24.8 Å². The van der Waals surface area contributed by atoms with E-state index in [0.29, 0.717) is 5.02 Å². The van der Waals surface area contributed by atoms with E-state index in [2.05, 4.69) is 9.89 Å².